The first-order valence-electron chi connectivity index (χ1n) is 7.23. The predicted molar refractivity (Wildman–Crippen MR) is 76.1 cm³/mol. The van der Waals surface area contributed by atoms with Gasteiger partial charge in [0.05, 0.1) is 13.2 Å². The largest absolute Gasteiger partial charge is 0.465 e. The summed E-state index contributed by atoms with van der Waals surface area (Å²) in [6, 6.07) is 2.20. The molecule has 1 aliphatic rings. The molecule has 1 aliphatic heterocycles. The van der Waals surface area contributed by atoms with E-state index in [4.69, 9.17) is 9.15 Å². The molecule has 1 aromatic heterocycles. The van der Waals surface area contributed by atoms with E-state index in [9.17, 15) is 0 Å². The monoisotopic (exact) mass is 266 g/mol. The summed E-state index contributed by atoms with van der Waals surface area (Å²) in [5, 5.41) is 3.35. The third kappa shape index (κ3) is 4.06. The van der Waals surface area contributed by atoms with Crippen molar-refractivity contribution in [3.63, 3.8) is 0 Å². The first-order valence-corrected chi connectivity index (χ1v) is 7.23. The Morgan fingerprint density at radius 3 is 3.11 bits per heavy atom. The molecule has 0 saturated carbocycles. The van der Waals surface area contributed by atoms with Gasteiger partial charge in [-0.3, -0.25) is 4.90 Å². The topological polar surface area (TPSA) is 37.6 Å². The van der Waals surface area contributed by atoms with E-state index in [0.29, 0.717) is 5.92 Å². The summed E-state index contributed by atoms with van der Waals surface area (Å²) in [7, 11) is 1.78. The summed E-state index contributed by atoms with van der Waals surface area (Å²) >= 11 is 0. The number of nitrogens with zero attached hydrogens (tertiary/aromatic N) is 1. The highest BCUT2D eigenvalue weighted by atomic mass is 16.5. The van der Waals surface area contributed by atoms with Gasteiger partial charge in [-0.2, -0.15) is 0 Å². The van der Waals surface area contributed by atoms with E-state index in [2.05, 4.69) is 23.2 Å². The molecule has 1 N–H and O–H groups in total. The Labute approximate surface area is 116 Å². The Morgan fingerprint density at radius 1 is 1.53 bits per heavy atom. The second kappa shape index (κ2) is 7.08. The lowest BCUT2D eigenvalue weighted by Gasteiger charge is -2.13. The van der Waals surface area contributed by atoms with Crippen LogP contribution in [0.15, 0.2) is 10.5 Å². The van der Waals surface area contributed by atoms with Gasteiger partial charge in [-0.25, -0.2) is 0 Å². The van der Waals surface area contributed by atoms with Gasteiger partial charge in [0.25, 0.3) is 0 Å². The molecule has 0 aliphatic carbocycles. The number of rotatable bonds is 7. The third-order valence-corrected chi connectivity index (χ3v) is 3.79. The number of nitrogens with one attached hydrogen (secondary N) is 1. The minimum absolute atomic E-state index is 0.683. The van der Waals surface area contributed by atoms with E-state index in [-0.39, 0.29) is 0 Å². The molecule has 108 valence electrons. The Morgan fingerprint density at radius 2 is 2.37 bits per heavy atom. The zero-order chi connectivity index (χ0) is 13.7. The molecule has 0 bridgehead atoms. The van der Waals surface area contributed by atoms with Crippen LogP contribution in [-0.2, 0) is 17.8 Å². The van der Waals surface area contributed by atoms with Crippen LogP contribution >= 0.6 is 0 Å². The zero-order valence-corrected chi connectivity index (χ0v) is 12.4. The molecular weight excluding hydrogens is 240 g/mol. The normalized spacial score (nSPS) is 20.3. The predicted octanol–water partition coefficient (Wildman–Crippen LogP) is 2.17. The average molecular weight is 266 g/mol. The Kier molecular flexibility index (Phi) is 5.43. The van der Waals surface area contributed by atoms with Gasteiger partial charge >= 0.3 is 0 Å². The van der Waals surface area contributed by atoms with Crippen LogP contribution in [-0.4, -0.2) is 38.3 Å². The maximum Gasteiger partial charge on any atom is 0.118 e. The van der Waals surface area contributed by atoms with Crippen LogP contribution in [0.4, 0.5) is 0 Å². The molecule has 1 atom stereocenters. The summed E-state index contributed by atoms with van der Waals surface area (Å²) in [5.41, 5.74) is 1.28. The highest BCUT2D eigenvalue weighted by Crippen LogP contribution is 2.21. The number of furan rings is 1. The van der Waals surface area contributed by atoms with E-state index in [0.717, 1.165) is 50.9 Å². The van der Waals surface area contributed by atoms with Crippen molar-refractivity contribution in [3.05, 3.63) is 23.2 Å². The number of ether oxygens (including phenoxy) is 1. The maximum absolute atomic E-state index is 5.86. The highest BCUT2D eigenvalue weighted by molar-refractivity contribution is 5.20. The fraction of sp³-hybridized carbons (Fsp3) is 0.733. The molecule has 2 rings (SSSR count). The van der Waals surface area contributed by atoms with Gasteiger partial charge in [0.1, 0.15) is 11.5 Å². The molecule has 0 aromatic carbocycles. The third-order valence-electron chi connectivity index (χ3n) is 3.79. The number of methoxy groups -OCH3 is 1. The van der Waals surface area contributed by atoms with Gasteiger partial charge < -0.3 is 14.5 Å². The number of hydrogen-bond donors (Lipinski definition) is 1. The lowest BCUT2D eigenvalue weighted by Crippen LogP contribution is -2.21. The molecule has 4 nitrogen and oxygen atoms in total. The van der Waals surface area contributed by atoms with Crippen LogP contribution in [0.2, 0.25) is 0 Å². The van der Waals surface area contributed by atoms with Crippen LogP contribution in [0, 0.1) is 12.8 Å². The van der Waals surface area contributed by atoms with Crippen molar-refractivity contribution in [2.45, 2.75) is 33.4 Å². The number of likely N-dealkylation sites (tertiary alicyclic amines) is 1. The minimum atomic E-state index is 0.683. The van der Waals surface area contributed by atoms with Crippen molar-refractivity contribution in [2.24, 2.45) is 5.92 Å². The quantitative estimate of drug-likeness (QED) is 0.821. The Bertz CT molecular complexity index is 389. The molecule has 1 unspecified atom stereocenters. The Hall–Kier alpha value is -0.840. The van der Waals surface area contributed by atoms with Gasteiger partial charge in [-0.15, -0.1) is 0 Å². The van der Waals surface area contributed by atoms with Crippen molar-refractivity contribution in [1.29, 1.82) is 0 Å². The van der Waals surface area contributed by atoms with Crippen molar-refractivity contribution in [3.8, 4) is 0 Å². The fourth-order valence-electron chi connectivity index (χ4n) is 2.75. The van der Waals surface area contributed by atoms with E-state index in [1.165, 1.54) is 12.0 Å². The van der Waals surface area contributed by atoms with Gasteiger partial charge in [0.2, 0.25) is 0 Å². The molecule has 1 fully saturated rings. The molecular formula is C15H26N2O2. The number of hydrogen-bond acceptors (Lipinski definition) is 4. The van der Waals surface area contributed by atoms with Gasteiger partial charge in [-0.1, -0.05) is 6.92 Å². The maximum atomic E-state index is 5.86. The van der Waals surface area contributed by atoms with Crippen LogP contribution < -0.4 is 5.32 Å². The van der Waals surface area contributed by atoms with Gasteiger partial charge in [0, 0.05) is 25.8 Å². The van der Waals surface area contributed by atoms with E-state index < -0.39 is 0 Å². The lowest BCUT2D eigenvalue weighted by atomic mass is 10.1. The molecule has 0 radical (unpaired) electrons. The van der Waals surface area contributed by atoms with Gasteiger partial charge in [0.15, 0.2) is 0 Å². The standard InChI is InChI=1S/C15H26N2O2/c1-4-16-8-14-7-15(19-12(14)2)10-17-6-5-13(9-17)11-18-3/h7,13,16H,4-6,8-11H2,1-3H3. The average Bonchev–Trinajstić information content (AvgIpc) is 2.95. The summed E-state index contributed by atoms with van der Waals surface area (Å²) in [5.74, 6) is 2.81. The van der Waals surface area contributed by atoms with Crippen LogP contribution in [0.25, 0.3) is 0 Å². The summed E-state index contributed by atoms with van der Waals surface area (Å²) in [6.45, 7) is 10.1. The first kappa shape index (κ1) is 14.6. The highest BCUT2D eigenvalue weighted by Gasteiger charge is 2.23. The molecule has 1 saturated heterocycles. The molecule has 1 aromatic rings. The smallest absolute Gasteiger partial charge is 0.118 e. The van der Waals surface area contributed by atoms with E-state index in [1.54, 1.807) is 7.11 Å². The summed E-state index contributed by atoms with van der Waals surface area (Å²) < 4.78 is 11.1. The zero-order valence-electron chi connectivity index (χ0n) is 12.4. The first-order chi connectivity index (χ1) is 9.22. The summed E-state index contributed by atoms with van der Waals surface area (Å²) in [4.78, 5) is 2.46. The molecule has 19 heavy (non-hydrogen) atoms. The fourth-order valence-corrected chi connectivity index (χ4v) is 2.75. The van der Waals surface area contributed by atoms with Crippen LogP contribution in [0.5, 0.6) is 0 Å². The van der Waals surface area contributed by atoms with Crippen molar-refractivity contribution in [1.82, 2.24) is 10.2 Å². The lowest BCUT2D eigenvalue weighted by molar-refractivity contribution is 0.151. The summed E-state index contributed by atoms with van der Waals surface area (Å²) in [6.07, 6.45) is 1.23. The van der Waals surface area contributed by atoms with E-state index >= 15 is 0 Å². The molecule has 4 heteroatoms. The molecule has 0 amide bonds. The van der Waals surface area contributed by atoms with Crippen LogP contribution in [0.3, 0.4) is 0 Å². The van der Waals surface area contributed by atoms with Gasteiger partial charge in [-0.05, 0) is 38.4 Å². The van der Waals surface area contributed by atoms with Crippen LogP contribution in [0.1, 0.15) is 30.4 Å². The number of aryl methyl sites for hydroxylation is 1. The van der Waals surface area contributed by atoms with Crippen molar-refractivity contribution in [2.75, 3.05) is 33.4 Å². The molecule has 2 heterocycles. The SMILES string of the molecule is CCNCc1cc(CN2CCC(COC)C2)oc1C. The second-order valence-corrected chi connectivity index (χ2v) is 5.42. The van der Waals surface area contributed by atoms with E-state index in [1.807, 2.05) is 6.92 Å². The minimum Gasteiger partial charge on any atom is -0.465 e. The Balaban J connectivity index is 1.86. The second-order valence-electron chi connectivity index (χ2n) is 5.42. The van der Waals surface area contributed by atoms with Crippen molar-refractivity contribution < 1.29 is 9.15 Å². The molecule has 0 spiro atoms. The van der Waals surface area contributed by atoms with Crippen molar-refractivity contribution >= 4 is 0 Å².